The third kappa shape index (κ3) is 3.79. The smallest absolute Gasteiger partial charge is 0.164 e. The maximum absolute atomic E-state index is 13.8. The standard InChI is InChI=1S/C16H17ClFNO2/c1-3-21-15-9-11(7-8-14(15)20-2)10-19-13-6-4-5-12(17)16(13)18/h4-9,19H,3,10H2,1-2H3. The second-order valence-corrected chi connectivity index (χ2v) is 4.78. The highest BCUT2D eigenvalue weighted by molar-refractivity contribution is 6.31. The van der Waals surface area contributed by atoms with Gasteiger partial charge in [0, 0.05) is 6.54 Å². The molecule has 0 atom stereocenters. The highest BCUT2D eigenvalue weighted by Gasteiger charge is 2.08. The van der Waals surface area contributed by atoms with Crippen molar-refractivity contribution in [2.45, 2.75) is 13.5 Å². The zero-order valence-electron chi connectivity index (χ0n) is 12.0. The molecule has 0 fully saturated rings. The molecule has 112 valence electrons. The summed E-state index contributed by atoms with van der Waals surface area (Å²) in [5, 5.41) is 3.12. The van der Waals surface area contributed by atoms with Crippen molar-refractivity contribution in [1.29, 1.82) is 0 Å². The summed E-state index contributed by atoms with van der Waals surface area (Å²) in [6.07, 6.45) is 0. The van der Waals surface area contributed by atoms with Gasteiger partial charge in [-0.1, -0.05) is 23.7 Å². The van der Waals surface area contributed by atoms with Crippen LogP contribution in [0.2, 0.25) is 5.02 Å². The molecule has 21 heavy (non-hydrogen) atoms. The van der Waals surface area contributed by atoms with E-state index in [2.05, 4.69) is 5.32 Å². The minimum absolute atomic E-state index is 0.102. The van der Waals surface area contributed by atoms with Gasteiger partial charge in [-0.05, 0) is 36.8 Å². The van der Waals surface area contributed by atoms with Crippen LogP contribution in [0, 0.1) is 5.82 Å². The number of hydrogen-bond acceptors (Lipinski definition) is 3. The topological polar surface area (TPSA) is 30.5 Å². The molecule has 2 aromatic rings. The minimum Gasteiger partial charge on any atom is -0.493 e. The molecule has 2 aromatic carbocycles. The van der Waals surface area contributed by atoms with Crippen LogP contribution in [-0.2, 0) is 6.54 Å². The molecule has 0 bridgehead atoms. The van der Waals surface area contributed by atoms with Crippen molar-refractivity contribution >= 4 is 17.3 Å². The third-order valence-corrected chi connectivity index (χ3v) is 3.25. The van der Waals surface area contributed by atoms with Gasteiger partial charge in [0.2, 0.25) is 0 Å². The summed E-state index contributed by atoms with van der Waals surface area (Å²) >= 11 is 5.75. The Bertz CT molecular complexity index is 619. The van der Waals surface area contributed by atoms with Crippen LogP contribution in [0.3, 0.4) is 0 Å². The molecule has 0 radical (unpaired) electrons. The minimum atomic E-state index is -0.447. The molecule has 5 heteroatoms. The first-order valence-electron chi connectivity index (χ1n) is 6.63. The number of nitrogens with one attached hydrogen (secondary N) is 1. The van der Waals surface area contributed by atoms with Crippen molar-refractivity contribution in [3.8, 4) is 11.5 Å². The first kappa shape index (κ1) is 15.4. The first-order valence-corrected chi connectivity index (χ1v) is 7.01. The van der Waals surface area contributed by atoms with Crippen LogP contribution in [0.15, 0.2) is 36.4 Å². The Kier molecular flexibility index (Phi) is 5.28. The van der Waals surface area contributed by atoms with Crippen molar-refractivity contribution in [2.24, 2.45) is 0 Å². The molecule has 0 unspecified atom stereocenters. The van der Waals surface area contributed by atoms with Crippen LogP contribution < -0.4 is 14.8 Å². The number of methoxy groups -OCH3 is 1. The zero-order valence-corrected chi connectivity index (χ0v) is 12.7. The number of anilines is 1. The van der Waals surface area contributed by atoms with Gasteiger partial charge in [-0.15, -0.1) is 0 Å². The van der Waals surface area contributed by atoms with Crippen LogP contribution >= 0.6 is 11.6 Å². The van der Waals surface area contributed by atoms with E-state index in [1.807, 2.05) is 25.1 Å². The molecule has 1 N–H and O–H groups in total. The molecule has 0 aliphatic heterocycles. The molecule has 0 amide bonds. The van der Waals surface area contributed by atoms with Crippen molar-refractivity contribution < 1.29 is 13.9 Å². The SMILES string of the molecule is CCOc1cc(CNc2cccc(Cl)c2F)ccc1OC. The summed E-state index contributed by atoms with van der Waals surface area (Å²) in [6, 6.07) is 10.5. The highest BCUT2D eigenvalue weighted by atomic mass is 35.5. The number of rotatable bonds is 6. The summed E-state index contributed by atoms with van der Waals surface area (Å²) in [4.78, 5) is 0. The number of halogens is 2. The zero-order chi connectivity index (χ0) is 15.2. The van der Waals surface area contributed by atoms with Crippen LogP contribution in [0.5, 0.6) is 11.5 Å². The van der Waals surface area contributed by atoms with Crippen LogP contribution in [0.1, 0.15) is 12.5 Å². The lowest BCUT2D eigenvalue weighted by Crippen LogP contribution is -2.03. The molecule has 2 rings (SSSR count). The number of hydrogen-bond donors (Lipinski definition) is 1. The molecular formula is C16H17ClFNO2. The van der Waals surface area contributed by atoms with Gasteiger partial charge >= 0.3 is 0 Å². The Morgan fingerprint density at radius 1 is 1.19 bits per heavy atom. The quantitative estimate of drug-likeness (QED) is 0.852. The maximum atomic E-state index is 13.8. The summed E-state index contributed by atoms with van der Waals surface area (Å²) in [5.41, 5.74) is 1.33. The van der Waals surface area contributed by atoms with Gasteiger partial charge < -0.3 is 14.8 Å². The van der Waals surface area contributed by atoms with Gasteiger partial charge in [-0.2, -0.15) is 0 Å². The number of benzene rings is 2. The van der Waals surface area contributed by atoms with Crippen molar-refractivity contribution in [3.63, 3.8) is 0 Å². The van der Waals surface area contributed by atoms with E-state index in [1.165, 1.54) is 6.07 Å². The van der Waals surface area contributed by atoms with E-state index < -0.39 is 5.82 Å². The molecule has 0 aliphatic carbocycles. The molecule has 0 aliphatic rings. The van der Waals surface area contributed by atoms with E-state index in [9.17, 15) is 4.39 Å². The summed E-state index contributed by atoms with van der Waals surface area (Å²) in [5.74, 6) is 0.901. The molecule has 0 heterocycles. The average Bonchev–Trinajstić information content (AvgIpc) is 2.49. The van der Waals surface area contributed by atoms with E-state index in [0.717, 1.165) is 5.56 Å². The molecule has 0 spiro atoms. The number of ether oxygens (including phenoxy) is 2. The maximum Gasteiger partial charge on any atom is 0.164 e. The van der Waals surface area contributed by atoms with Crippen LogP contribution in [0.25, 0.3) is 0 Å². The van der Waals surface area contributed by atoms with E-state index in [0.29, 0.717) is 30.3 Å². The van der Waals surface area contributed by atoms with Crippen molar-refractivity contribution in [3.05, 3.63) is 52.8 Å². The predicted octanol–water partition coefficient (Wildman–Crippen LogP) is 4.50. The Balaban J connectivity index is 2.13. The Morgan fingerprint density at radius 3 is 2.71 bits per heavy atom. The third-order valence-electron chi connectivity index (χ3n) is 2.96. The Labute approximate surface area is 128 Å². The average molecular weight is 310 g/mol. The fraction of sp³-hybridized carbons (Fsp3) is 0.250. The fourth-order valence-electron chi connectivity index (χ4n) is 1.94. The Hall–Kier alpha value is -1.94. The summed E-state index contributed by atoms with van der Waals surface area (Å²) < 4.78 is 24.5. The monoisotopic (exact) mass is 309 g/mol. The van der Waals surface area contributed by atoms with E-state index in [4.69, 9.17) is 21.1 Å². The molecular weight excluding hydrogens is 293 g/mol. The van der Waals surface area contributed by atoms with Gasteiger partial charge in [-0.3, -0.25) is 0 Å². The van der Waals surface area contributed by atoms with Gasteiger partial charge in [0.15, 0.2) is 17.3 Å². The highest BCUT2D eigenvalue weighted by Crippen LogP contribution is 2.29. The van der Waals surface area contributed by atoms with E-state index in [-0.39, 0.29) is 5.02 Å². The molecule has 0 saturated heterocycles. The molecule has 3 nitrogen and oxygen atoms in total. The lowest BCUT2D eigenvalue weighted by molar-refractivity contribution is 0.310. The van der Waals surface area contributed by atoms with Gasteiger partial charge in [-0.25, -0.2) is 4.39 Å². The largest absolute Gasteiger partial charge is 0.493 e. The van der Waals surface area contributed by atoms with Crippen LogP contribution in [0.4, 0.5) is 10.1 Å². The fourth-order valence-corrected chi connectivity index (χ4v) is 2.11. The molecule has 0 aromatic heterocycles. The summed E-state index contributed by atoms with van der Waals surface area (Å²) in [6.45, 7) is 2.92. The lowest BCUT2D eigenvalue weighted by Gasteiger charge is -2.12. The van der Waals surface area contributed by atoms with Gasteiger partial charge in [0.25, 0.3) is 0 Å². The predicted molar refractivity (Wildman–Crippen MR) is 82.9 cm³/mol. The van der Waals surface area contributed by atoms with Gasteiger partial charge in [0.1, 0.15) is 0 Å². The van der Waals surface area contributed by atoms with E-state index in [1.54, 1.807) is 19.2 Å². The van der Waals surface area contributed by atoms with Gasteiger partial charge in [0.05, 0.1) is 24.4 Å². The van der Waals surface area contributed by atoms with Crippen LogP contribution in [-0.4, -0.2) is 13.7 Å². The normalized spacial score (nSPS) is 10.3. The lowest BCUT2D eigenvalue weighted by atomic mass is 10.2. The second-order valence-electron chi connectivity index (χ2n) is 4.37. The second kappa shape index (κ2) is 7.18. The molecule has 0 saturated carbocycles. The van der Waals surface area contributed by atoms with Crippen molar-refractivity contribution in [2.75, 3.05) is 19.0 Å². The first-order chi connectivity index (χ1) is 10.2. The Morgan fingerprint density at radius 2 is 2.00 bits per heavy atom. The summed E-state index contributed by atoms with van der Waals surface area (Å²) in [7, 11) is 1.59. The van der Waals surface area contributed by atoms with Crippen molar-refractivity contribution in [1.82, 2.24) is 0 Å². The van der Waals surface area contributed by atoms with E-state index >= 15 is 0 Å².